The number of hydrogen-bond acceptors (Lipinski definition) is 5. The van der Waals surface area contributed by atoms with Crippen molar-refractivity contribution in [3.8, 4) is 11.5 Å². The minimum absolute atomic E-state index is 0.188. The molecule has 0 fully saturated rings. The highest BCUT2D eigenvalue weighted by Crippen LogP contribution is 2.32. The van der Waals surface area contributed by atoms with Gasteiger partial charge in [0.2, 0.25) is 6.79 Å². The molecule has 2 aromatic rings. The summed E-state index contributed by atoms with van der Waals surface area (Å²) >= 11 is 1.54. The van der Waals surface area contributed by atoms with Crippen molar-refractivity contribution in [2.24, 2.45) is 0 Å². The molecule has 1 atom stereocenters. The molecule has 1 aliphatic heterocycles. The standard InChI is InChI=1S/C15H15NO4S/c17-12(11-4-6-21-8-11)3-5-16-15(18)10-1-2-13-14(7-10)20-9-19-13/h1-2,4,6-8,12,17H,3,5,9H2,(H,16,18)/t12-/m1/s1. The molecule has 110 valence electrons. The van der Waals surface area contributed by atoms with E-state index in [1.165, 1.54) is 0 Å². The number of benzene rings is 1. The Morgan fingerprint density at radius 3 is 3.00 bits per heavy atom. The lowest BCUT2D eigenvalue weighted by atomic mass is 10.1. The molecule has 3 rings (SSSR count). The van der Waals surface area contributed by atoms with Gasteiger partial charge < -0.3 is 19.9 Å². The maximum atomic E-state index is 12.0. The maximum Gasteiger partial charge on any atom is 0.251 e. The first-order valence-electron chi connectivity index (χ1n) is 6.62. The van der Waals surface area contributed by atoms with Crippen molar-refractivity contribution in [1.82, 2.24) is 5.32 Å². The molecule has 0 saturated heterocycles. The summed E-state index contributed by atoms with van der Waals surface area (Å²) in [7, 11) is 0. The van der Waals surface area contributed by atoms with Crippen LogP contribution in [0.1, 0.15) is 28.4 Å². The number of fused-ring (bicyclic) bond motifs is 1. The Hall–Kier alpha value is -2.05. The van der Waals surface area contributed by atoms with Crippen LogP contribution < -0.4 is 14.8 Å². The van der Waals surface area contributed by atoms with Gasteiger partial charge in [-0.3, -0.25) is 4.79 Å². The van der Waals surface area contributed by atoms with Crippen molar-refractivity contribution in [1.29, 1.82) is 0 Å². The summed E-state index contributed by atoms with van der Waals surface area (Å²) in [6.45, 7) is 0.595. The Bertz CT molecular complexity index is 627. The van der Waals surface area contributed by atoms with Crippen LogP contribution in [-0.2, 0) is 0 Å². The summed E-state index contributed by atoms with van der Waals surface area (Å²) in [6.07, 6.45) is -0.0687. The summed E-state index contributed by atoms with van der Waals surface area (Å²) in [5.74, 6) is 1.05. The molecule has 6 heteroatoms. The highest BCUT2D eigenvalue weighted by molar-refractivity contribution is 7.07. The predicted molar refractivity (Wildman–Crippen MR) is 78.8 cm³/mol. The highest BCUT2D eigenvalue weighted by Gasteiger charge is 2.16. The average molecular weight is 305 g/mol. The van der Waals surface area contributed by atoms with Crippen molar-refractivity contribution in [3.63, 3.8) is 0 Å². The normalized spacial score (nSPS) is 14.0. The van der Waals surface area contributed by atoms with Crippen LogP contribution >= 0.6 is 11.3 Å². The molecular weight excluding hydrogens is 290 g/mol. The summed E-state index contributed by atoms with van der Waals surface area (Å²) in [5, 5.41) is 16.6. The third-order valence-electron chi connectivity index (χ3n) is 3.27. The lowest BCUT2D eigenvalue weighted by Gasteiger charge is -2.10. The lowest BCUT2D eigenvalue weighted by molar-refractivity contribution is 0.0942. The van der Waals surface area contributed by atoms with Gasteiger partial charge in [-0.2, -0.15) is 11.3 Å². The molecule has 2 N–H and O–H groups in total. The fourth-order valence-corrected chi connectivity index (χ4v) is 2.80. The summed E-state index contributed by atoms with van der Waals surface area (Å²) in [6, 6.07) is 6.96. The molecule has 0 aliphatic carbocycles. The monoisotopic (exact) mass is 305 g/mol. The molecule has 0 unspecified atom stereocenters. The van der Waals surface area contributed by atoms with Crippen molar-refractivity contribution in [2.75, 3.05) is 13.3 Å². The smallest absolute Gasteiger partial charge is 0.251 e. The van der Waals surface area contributed by atoms with Crippen LogP contribution in [0.2, 0.25) is 0 Å². The largest absolute Gasteiger partial charge is 0.454 e. The van der Waals surface area contributed by atoms with Crippen LogP contribution in [0.5, 0.6) is 11.5 Å². The van der Waals surface area contributed by atoms with E-state index < -0.39 is 6.10 Å². The summed E-state index contributed by atoms with van der Waals surface area (Å²) in [4.78, 5) is 12.0. The van der Waals surface area contributed by atoms with Gasteiger partial charge in [0.05, 0.1) is 6.10 Å². The van der Waals surface area contributed by atoms with Gasteiger partial charge in [-0.1, -0.05) is 0 Å². The second kappa shape index (κ2) is 6.15. The number of aliphatic hydroxyl groups excluding tert-OH is 1. The van der Waals surface area contributed by atoms with E-state index in [0.717, 1.165) is 5.56 Å². The number of carbonyl (C=O) groups is 1. The summed E-state index contributed by atoms with van der Waals surface area (Å²) < 4.78 is 10.4. The van der Waals surface area contributed by atoms with Crippen LogP contribution in [0.15, 0.2) is 35.0 Å². The first kappa shape index (κ1) is 13.9. The second-order valence-electron chi connectivity index (χ2n) is 4.69. The van der Waals surface area contributed by atoms with Crippen molar-refractivity contribution in [2.45, 2.75) is 12.5 Å². The minimum Gasteiger partial charge on any atom is -0.454 e. The van der Waals surface area contributed by atoms with Crippen molar-refractivity contribution < 1.29 is 19.4 Å². The SMILES string of the molecule is O=C(NCC[C@@H](O)c1ccsc1)c1ccc2c(c1)OCO2. The minimum atomic E-state index is -0.548. The average Bonchev–Trinajstić information content (AvgIpc) is 3.17. The zero-order chi connectivity index (χ0) is 14.7. The molecule has 0 saturated carbocycles. The zero-order valence-corrected chi connectivity index (χ0v) is 12.1. The fraction of sp³-hybridized carbons (Fsp3) is 0.267. The number of hydrogen-bond donors (Lipinski definition) is 2. The quantitative estimate of drug-likeness (QED) is 0.889. The van der Waals surface area contributed by atoms with Gasteiger partial charge in [0, 0.05) is 12.1 Å². The molecule has 0 spiro atoms. The van der Waals surface area contributed by atoms with E-state index in [4.69, 9.17) is 9.47 Å². The van der Waals surface area contributed by atoms with E-state index in [2.05, 4.69) is 5.32 Å². The van der Waals surface area contributed by atoms with Crippen molar-refractivity contribution >= 4 is 17.2 Å². The van der Waals surface area contributed by atoms with Gasteiger partial charge in [-0.25, -0.2) is 0 Å². The van der Waals surface area contributed by atoms with E-state index in [1.54, 1.807) is 29.5 Å². The zero-order valence-electron chi connectivity index (χ0n) is 11.2. The molecule has 0 bridgehead atoms. The molecular formula is C15H15NO4S. The van der Waals surface area contributed by atoms with Crippen LogP contribution in [0, 0.1) is 0 Å². The first-order valence-corrected chi connectivity index (χ1v) is 7.56. The van der Waals surface area contributed by atoms with Crippen LogP contribution in [0.25, 0.3) is 0 Å². The number of aliphatic hydroxyl groups is 1. The number of rotatable bonds is 5. The maximum absolute atomic E-state index is 12.0. The number of ether oxygens (including phenoxy) is 2. The van der Waals surface area contributed by atoms with Gasteiger partial charge in [-0.15, -0.1) is 0 Å². The Labute approximate surface area is 126 Å². The van der Waals surface area contributed by atoms with Gasteiger partial charge in [0.15, 0.2) is 11.5 Å². The van der Waals surface area contributed by atoms with E-state index in [-0.39, 0.29) is 12.7 Å². The molecule has 1 amide bonds. The predicted octanol–water partition coefficient (Wildman–Crippen LogP) is 2.33. The lowest BCUT2D eigenvalue weighted by Crippen LogP contribution is -2.25. The summed E-state index contributed by atoms with van der Waals surface area (Å²) in [5.41, 5.74) is 1.40. The number of thiophene rings is 1. The molecule has 1 aromatic heterocycles. The van der Waals surface area contributed by atoms with Crippen LogP contribution in [-0.4, -0.2) is 24.4 Å². The molecule has 1 aliphatic rings. The van der Waals surface area contributed by atoms with E-state index in [9.17, 15) is 9.90 Å². The first-order chi connectivity index (χ1) is 10.2. The Morgan fingerprint density at radius 2 is 2.19 bits per heavy atom. The number of amides is 1. The Kier molecular flexibility index (Phi) is 4.08. The fourth-order valence-electron chi connectivity index (χ4n) is 2.09. The topological polar surface area (TPSA) is 67.8 Å². The van der Waals surface area contributed by atoms with Gasteiger partial charge in [0.1, 0.15) is 0 Å². The Morgan fingerprint density at radius 1 is 1.33 bits per heavy atom. The van der Waals surface area contributed by atoms with E-state index in [0.29, 0.717) is 30.0 Å². The third kappa shape index (κ3) is 3.17. The van der Waals surface area contributed by atoms with E-state index in [1.807, 2.05) is 16.8 Å². The van der Waals surface area contributed by atoms with Gasteiger partial charge in [-0.05, 0) is 47.0 Å². The second-order valence-corrected chi connectivity index (χ2v) is 5.47. The molecule has 0 radical (unpaired) electrons. The van der Waals surface area contributed by atoms with Gasteiger partial charge >= 0.3 is 0 Å². The number of carbonyl (C=O) groups excluding carboxylic acids is 1. The van der Waals surface area contributed by atoms with E-state index >= 15 is 0 Å². The van der Waals surface area contributed by atoms with Gasteiger partial charge in [0.25, 0.3) is 5.91 Å². The molecule has 21 heavy (non-hydrogen) atoms. The molecule has 1 aromatic carbocycles. The van der Waals surface area contributed by atoms with Crippen LogP contribution in [0.4, 0.5) is 0 Å². The number of nitrogens with one attached hydrogen (secondary N) is 1. The highest BCUT2D eigenvalue weighted by atomic mass is 32.1. The molecule has 2 heterocycles. The Balaban J connectivity index is 1.52. The third-order valence-corrected chi connectivity index (χ3v) is 3.97. The molecule has 5 nitrogen and oxygen atoms in total. The van der Waals surface area contributed by atoms with Crippen LogP contribution in [0.3, 0.4) is 0 Å². The van der Waals surface area contributed by atoms with Crippen molar-refractivity contribution in [3.05, 3.63) is 46.2 Å².